The van der Waals surface area contributed by atoms with Crippen molar-refractivity contribution in [2.24, 2.45) is 16.7 Å². The molecule has 3 fully saturated rings. The van der Waals surface area contributed by atoms with Gasteiger partial charge < -0.3 is 9.84 Å². The van der Waals surface area contributed by atoms with Crippen LogP contribution in [0.4, 0.5) is 0 Å². The summed E-state index contributed by atoms with van der Waals surface area (Å²) in [5.41, 5.74) is 1.74. The van der Waals surface area contributed by atoms with Crippen LogP contribution < -0.4 is 4.74 Å². The molecule has 1 spiro atoms. The summed E-state index contributed by atoms with van der Waals surface area (Å²) >= 11 is 0. The second-order valence-corrected chi connectivity index (χ2v) is 12.4. The molecule has 2 saturated carbocycles. The lowest BCUT2D eigenvalue weighted by atomic mass is 9.70. The molecule has 1 unspecified atom stereocenters. The quantitative estimate of drug-likeness (QED) is 0.791. The van der Waals surface area contributed by atoms with Crippen LogP contribution in [-0.2, 0) is 15.4 Å². The molecule has 2 bridgehead atoms. The van der Waals surface area contributed by atoms with Crippen molar-refractivity contribution in [3.8, 4) is 5.75 Å². The second-order valence-electron chi connectivity index (χ2n) is 10.5. The number of hydrogen-bond acceptors (Lipinski definition) is 4. The van der Waals surface area contributed by atoms with E-state index in [1.807, 2.05) is 6.07 Å². The van der Waals surface area contributed by atoms with Gasteiger partial charge in [0.05, 0.1) is 19.0 Å². The number of nitrogens with zero attached hydrogens (tertiary/aromatic N) is 1. The van der Waals surface area contributed by atoms with Crippen LogP contribution in [0.5, 0.6) is 5.75 Å². The molecule has 164 valence electrons. The molecule has 0 radical (unpaired) electrons. The predicted molar refractivity (Wildman–Crippen MR) is 118 cm³/mol. The first-order valence-electron chi connectivity index (χ1n) is 11.2. The highest BCUT2D eigenvalue weighted by Gasteiger charge is 2.65. The van der Waals surface area contributed by atoms with E-state index in [1.165, 1.54) is 11.1 Å². The van der Waals surface area contributed by atoms with E-state index in [0.29, 0.717) is 19.0 Å². The van der Waals surface area contributed by atoms with Crippen LogP contribution in [0.25, 0.3) is 6.08 Å². The zero-order valence-electron chi connectivity index (χ0n) is 18.2. The zero-order chi connectivity index (χ0) is 21.4. The number of hydrogen-bond donors (Lipinski definition) is 1. The van der Waals surface area contributed by atoms with Crippen LogP contribution in [0.1, 0.15) is 57.1 Å². The van der Waals surface area contributed by atoms with Gasteiger partial charge in [0.15, 0.2) is 0 Å². The molecule has 1 aromatic rings. The topological polar surface area (TPSA) is 66.8 Å². The first-order chi connectivity index (χ1) is 14.1. The molecule has 5 nitrogen and oxygen atoms in total. The molecule has 1 aromatic carbocycles. The molecule has 3 atom stereocenters. The molecule has 1 N–H and O–H groups in total. The maximum atomic E-state index is 13.5. The molecular formula is C24H33NO4S. The average molecular weight is 432 g/mol. The van der Waals surface area contributed by atoms with Gasteiger partial charge in [-0.25, -0.2) is 12.7 Å². The van der Waals surface area contributed by atoms with Gasteiger partial charge in [0.2, 0.25) is 10.0 Å². The van der Waals surface area contributed by atoms with Gasteiger partial charge in [0.25, 0.3) is 0 Å². The lowest BCUT2D eigenvalue weighted by Gasteiger charge is -2.43. The first-order valence-corrected chi connectivity index (χ1v) is 12.8. The Kier molecular flexibility index (Phi) is 4.49. The number of piperidine rings is 1. The highest BCUT2D eigenvalue weighted by Crippen LogP contribution is 2.66. The average Bonchev–Trinajstić information content (AvgIpc) is 3.24. The van der Waals surface area contributed by atoms with E-state index < -0.39 is 21.5 Å². The van der Waals surface area contributed by atoms with E-state index in [2.05, 4.69) is 38.1 Å². The number of sulfonamides is 1. The summed E-state index contributed by atoms with van der Waals surface area (Å²) in [4.78, 5) is 0. The molecule has 1 aliphatic heterocycles. The normalized spacial score (nSPS) is 33.9. The van der Waals surface area contributed by atoms with Gasteiger partial charge in [0, 0.05) is 23.9 Å². The molecule has 4 aliphatic rings. The molecule has 30 heavy (non-hydrogen) atoms. The summed E-state index contributed by atoms with van der Waals surface area (Å²) in [6, 6.07) is 6.17. The van der Waals surface area contributed by atoms with Crippen molar-refractivity contribution in [1.82, 2.24) is 4.31 Å². The van der Waals surface area contributed by atoms with E-state index >= 15 is 0 Å². The number of allylic oxidation sites excluding steroid dienone is 1. The number of fused-ring (bicyclic) bond motifs is 4. The minimum absolute atomic E-state index is 0.0813. The van der Waals surface area contributed by atoms with Crippen molar-refractivity contribution in [3.05, 3.63) is 35.4 Å². The number of aliphatic hydroxyl groups excluding tert-OH is 1. The third-order valence-electron chi connectivity index (χ3n) is 9.22. The molecule has 0 aromatic heterocycles. The van der Waals surface area contributed by atoms with Gasteiger partial charge in [-0.1, -0.05) is 32.1 Å². The summed E-state index contributed by atoms with van der Waals surface area (Å²) in [5, 5.41) is 10.8. The van der Waals surface area contributed by atoms with Crippen LogP contribution in [0.2, 0.25) is 0 Å². The highest BCUT2D eigenvalue weighted by molar-refractivity contribution is 7.89. The number of rotatable bonds is 4. The number of ether oxygens (including phenoxy) is 1. The van der Waals surface area contributed by atoms with Crippen molar-refractivity contribution in [2.45, 2.75) is 57.5 Å². The molecule has 5 rings (SSSR count). The van der Waals surface area contributed by atoms with Gasteiger partial charge in [-0.2, -0.15) is 0 Å². The van der Waals surface area contributed by atoms with Crippen LogP contribution in [0.15, 0.2) is 24.3 Å². The summed E-state index contributed by atoms with van der Waals surface area (Å²) in [5.74, 6) is 1.36. The molecule has 1 heterocycles. The van der Waals surface area contributed by atoms with Gasteiger partial charge in [0.1, 0.15) is 5.75 Å². The van der Waals surface area contributed by atoms with Gasteiger partial charge in [-0.15, -0.1) is 0 Å². The maximum absolute atomic E-state index is 13.5. The fraction of sp³-hybridized carbons (Fsp3) is 0.667. The van der Waals surface area contributed by atoms with Gasteiger partial charge in [-0.3, -0.25) is 0 Å². The lowest BCUT2D eigenvalue weighted by molar-refractivity contribution is 0.0143. The maximum Gasteiger partial charge on any atom is 0.214 e. The fourth-order valence-corrected chi connectivity index (χ4v) is 9.25. The molecular weight excluding hydrogens is 398 g/mol. The van der Waals surface area contributed by atoms with E-state index in [9.17, 15) is 13.5 Å². The van der Waals surface area contributed by atoms with Crippen molar-refractivity contribution < 1.29 is 18.3 Å². The summed E-state index contributed by atoms with van der Waals surface area (Å²) in [6.07, 6.45) is 8.07. The van der Waals surface area contributed by atoms with Crippen LogP contribution >= 0.6 is 0 Å². The van der Waals surface area contributed by atoms with Crippen molar-refractivity contribution in [3.63, 3.8) is 0 Å². The number of aliphatic hydroxyl groups is 1. The minimum atomic E-state index is -3.43. The van der Waals surface area contributed by atoms with Crippen LogP contribution in [0, 0.1) is 16.7 Å². The van der Waals surface area contributed by atoms with Gasteiger partial charge in [-0.05, 0) is 66.7 Å². The lowest BCUT2D eigenvalue weighted by Crippen LogP contribution is -2.51. The van der Waals surface area contributed by atoms with Crippen molar-refractivity contribution >= 4 is 16.1 Å². The zero-order valence-corrected chi connectivity index (χ0v) is 19.0. The second kappa shape index (κ2) is 6.57. The van der Waals surface area contributed by atoms with Crippen molar-refractivity contribution in [1.29, 1.82) is 0 Å². The third kappa shape index (κ3) is 2.69. The van der Waals surface area contributed by atoms with E-state index in [1.54, 1.807) is 11.4 Å². The van der Waals surface area contributed by atoms with E-state index in [-0.39, 0.29) is 16.6 Å². The van der Waals surface area contributed by atoms with Crippen LogP contribution in [-0.4, -0.2) is 49.9 Å². The predicted octanol–water partition coefficient (Wildman–Crippen LogP) is 3.57. The Bertz CT molecular complexity index is 990. The molecule has 6 heteroatoms. The van der Waals surface area contributed by atoms with Crippen molar-refractivity contribution in [2.75, 3.05) is 26.0 Å². The standard InChI is InChI=1S/C24H33NO4S/c1-22(2)18-7-9-24(22,21(26)14-18)16-30(27,28)25-12-10-23(11-13-25)8-6-17-4-5-19(29-3)15-20(17)23/h4-6,8,15,18,21,26H,7,9-14,16H2,1-3H3/t18?,21-,24-/m1/s1. The monoisotopic (exact) mass is 431 g/mol. The molecule has 3 aliphatic carbocycles. The Balaban J connectivity index is 1.35. The Labute approximate surface area is 180 Å². The Morgan fingerprint density at radius 3 is 2.53 bits per heavy atom. The van der Waals surface area contributed by atoms with Crippen LogP contribution in [0.3, 0.4) is 0 Å². The molecule has 0 amide bonds. The largest absolute Gasteiger partial charge is 0.497 e. The Hall–Kier alpha value is -1.37. The summed E-state index contributed by atoms with van der Waals surface area (Å²) in [7, 11) is -1.75. The molecule has 1 saturated heterocycles. The van der Waals surface area contributed by atoms with E-state index in [4.69, 9.17) is 4.74 Å². The summed E-state index contributed by atoms with van der Waals surface area (Å²) < 4.78 is 34.1. The SMILES string of the molecule is COc1ccc2c(c1)C1(C=C2)CCN(S(=O)(=O)C[C@]23CCC(C[C@H]2O)C3(C)C)CC1. The highest BCUT2D eigenvalue weighted by atomic mass is 32.2. The van der Waals surface area contributed by atoms with Gasteiger partial charge >= 0.3 is 0 Å². The Morgan fingerprint density at radius 1 is 1.20 bits per heavy atom. The number of benzene rings is 1. The smallest absolute Gasteiger partial charge is 0.214 e. The minimum Gasteiger partial charge on any atom is -0.497 e. The first kappa shape index (κ1) is 20.5. The number of methoxy groups -OCH3 is 1. The Morgan fingerprint density at radius 2 is 1.93 bits per heavy atom. The van der Waals surface area contributed by atoms with E-state index in [0.717, 1.165) is 37.9 Å². The fourth-order valence-electron chi connectivity index (χ4n) is 6.97. The third-order valence-corrected chi connectivity index (χ3v) is 11.2. The summed E-state index contributed by atoms with van der Waals surface area (Å²) in [6.45, 7) is 5.38.